The third-order valence-electron chi connectivity index (χ3n) is 4.56. The zero-order valence-electron chi connectivity index (χ0n) is 13.8. The molecule has 0 radical (unpaired) electrons. The van der Waals surface area contributed by atoms with E-state index in [2.05, 4.69) is 5.10 Å². The molecule has 1 aliphatic rings. The van der Waals surface area contributed by atoms with E-state index in [1.165, 1.54) is 4.68 Å². The number of aryl methyl sites for hydroxylation is 2. The first-order chi connectivity index (χ1) is 9.96. The van der Waals surface area contributed by atoms with Gasteiger partial charge in [-0.2, -0.15) is 5.10 Å². The van der Waals surface area contributed by atoms with E-state index in [1.54, 1.807) is 14.0 Å². The van der Waals surface area contributed by atoms with Crippen LogP contribution in [0.4, 0.5) is 0 Å². The lowest BCUT2D eigenvalue weighted by molar-refractivity contribution is -0.137. The summed E-state index contributed by atoms with van der Waals surface area (Å²) < 4.78 is 13.6. The van der Waals surface area contributed by atoms with Gasteiger partial charge in [0, 0.05) is 18.4 Å². The van der Waals surface area contributed by atoms with Gasteiger partial charge in [0.05, 0.1) is 23.3 Å². The number of aliphatic carboxylic acids is 1. The van der Waals surface area contributed by atoms with E-state index >= 15 is 0 Å². The van der Waals surface area contributed by atoms with Crippen LogP contribution in [0.5, 0.6) is 0 Å². The van der Waals surface area contributed by atoms with Crippen molar-refractivity contribution in [3.05, 3.63) is 16.4 Å². The number of carbonyl (C=O) groups is 1. The van der Waals surface area contributed by atoms with Gasteiger partial charge in [-0.15, -0.1) is 0 Å². The zero-order valence-corrected chi connectivity index (χ0v) is 14.6. The van der Waals surface area contributed by atoms with Crippen LogP contribution >= 0.6 is 11.6 Å². The molecule has 6 nitrogen and oxygen atoms in total. The molecule has 0 spiro atoms. The first kappa shape index (κ1) is 17.3. The van der Waals surface area contributed by atoms with E-state index in [1.807, 2.05) is 27.7 Å². The third-order valence-corrected chi connectivity index (χ3v) is 5.01. The normalized spacial score (nSPS) is 21.1. The van der Waals surface area contributed by atoms with E-state index in [4.69, 9.17) is 20.9 Å². The van der Waals surface area contributed by atoms with E-state index in [9.17, 15) is 9.90 Å². The Morgan fingerprint density at radius 1 is 1.36 bits per heavy atom. The van der Waals surface area contributed by atoms with Crippen LogP contribution in [0.3, 0.4) is 0 Å². The highest BCUT2D eigenvalue weighted by Gasteiger charge is 2.55. The summed E-state index contributed by atoms with van der Waals surface area (Å²) in [6, 6.07) is 0. The summed E-state index contributed by atoms with van der Waals surface area (Å²) in [4.78, 5) is 11.3. The maximum absolute atomic E-state index is 11.3. The minimum atomic E-state index is -0.931. The third kappa shape index (κ3) is 2.89. The molecule has 1 aliphatic heterocycles. The van der Waals surface area contributed by atoms with Gasteiger partial charge < -0.3 is 14.4 Å². The molecule has 1 atom stereocenters. The van der Waals surface area contributed by atoms with Crippen LogP contribution in [0, 0.1) is 6.92 Å². The quantitative estimate of drug-likeness (QED) is 0.860. The second-order valence-electron chi connectivity index (χ2n) is 6.74. The van der Waals surface area contributed by atoms with Crippen molar-refractivity contribution < 1.29 is 19.2 Å². The van der Waals surface area contributed by atoms with Crippen molar-refractivity contribution in [1.29, 1.82) is 0 Å². The van der Waals surface area contributed by atoms with Gasteiger partial charge in [0.15, 0.2) is 0 Å². The average Bonchev–Trinajstić information content (AvgIpc) is 2.70. The Hall–Kier alpha value is -1.05. The molecule has 1 fully saturated rings. The molecule has 22 heavy (non-hydrogen) atoms. The highest BCUT2D eigenvalue weighted by atomic mass is 35.5. The molecule has 2 rings (SSSR count). The van der Waals surface area contributed by atoms with Crippen molar-refractivity contribution in [1.82, 2.24) is 9.78 Å². The molecule has 2 heterocycles. The van der Waals surface area contributed by atoms with Crippen molar-refractivity contribution >= 4 is 24.7 Å². The van der Waals surface area contributed by atoms with E-state index < -0.39 is 30.1 Å². The van der Waals surface area contributed by atoms with Gasteiger partial charge in [0.1, 0.15) is 5.15 Å². The van der Waals surface area contributed by atoms with Crippen molar-refractivity contribution in [3.8, 4) is 0 Å². The Kier molecular flexibility index (Phi) is 4.36. The SMILES string of the molecule is Cc1nn(C)c(Cl)c1C(CC(=O)O)B1OC(C)(C)C(C)(C)O1. The summed E-state index contributed by atoms with van der Waals surface area (Å²) in [7, 11) is 1.04. The lowest BCUT2D eigenvalue weighted by atomic mass is 9.66. The minimum absolute atomic E-state index is 0.136. The number of hydrogen-bond acceptors (Lipinski definition) is 4. The van der Waals surface area contributed by atoms with E-state index in [-0.39, 0.29) is 6.42 Å². The van der Waals surface area contributed by atoms with E-state index in [0.717, 1.165) is 0 Å². The average molecular weight is 329 g/mol. The molecule has 122 valence electrons. The second kappa shape index (κ2) is 5.55. The van der Waals surface area contributed by atoms with Gasteiger partial charge in [0.2, 0.25) is 0 Å². The summed E-state index contributed by atoms with van der Waals surface area (Å²) in [5.74, 6) is -1.45. The van der Waals surface area contributed by atoms with Crippen LogP contribution in [-0.2, 0) is 21.2 Å². The zero-order chi connectivity index (χ0) is 16.9. The number of halogens is 1. The molecule has 0 amide bonds. The molecule has 8 heteroatoms. The molecular formula is C14H22BClN2O4. The predicted octanol–water partition coefficient (Wildman–Crippen LogP) is 2.57. The van der Waals surface area contributed by atoms with Crippen LogP contribution in [0.15, 0.2) is 0 Å². The topological polar surface area (TPSA) is 73.6 Å². The van der Waals surface area contributed by atoms with Crippen molar-refractivity contribution in [2.45, 2.75) is 58.1 Å². The Morgan fingerprint density at radius 3 is 2.23 bits per heavy atom. The summed E-state index contributed by atoms with van der Waals surface area (Å²) in [5.41, 5.74) is 0.298. The first-order valence-corrected chi connectivity index (χ1v) is 7.60. The Labute approximate surface area is 135 Å². The maximum atomic E-state index is 11.3. The molecule has 1 aromatic rings. The first-order valence-electron chi connectivity index (χ1n) is 7.22. The highest BCUT2D eigenvalue weighted by Crippen LogP contribution is 2.43. The lowest BCUT2D eigenvalue weighted by Gasteiger charge is -2.32. The fourth-order valence-electron chi connectivity index (χ4n) is 2.64. The van der Waals surface area contributed by atoms with Crippen molar-refractivity contribution in [2.24, 2.45) is 7.05 Å². The molecule has 1 unspecified atom stereocenters. The van der Waals surface area contributed by atoms with Crippen LogP contribution < -0.4 is 0 Å². The number of carboxylic acid groups (broad SMARTS) is 1. The summed E-state index contributed by atoms with van der Waals surface area (Å²) in [6.07, 6.45) is -0.136. The highest BCUT2D eigenvalue weighted by molar-refractivity contribution is 6.48. The summed E-state index contributed by atoms with van der Waals surface area (Å²) in [6.45, 7) is 9.54. The fraction of sp³-hybridized carbons (Fsp3) is 0.714. The molecule has 0 aromatic carbocycles. The minimum Gasteiger partial charge on any atom is -0.481 e. The van der Waals surface area contributed by atoms with Gasteiger partial charge in [-0.3, -0.25) is 9.48 Å². The van der Waals surface area contributed by atoms with E-state index in [0.29, 0.717) is 16.4 Å². The molecule has 1 aromatic heterocycles. The van der Waals surface area contributed by atoms with Crippen molar-refractivity contribution in [2.75, 3.05) is 0 Å². The fourth-order valence-corrected chi connectivity index (χ4v) is 2.96. The molecular weight excluding hydrogens is 306 g/mol. The maximum Gasteiger partial charge on any atom is 0.466 e. The smallest absolute Gasteiger partial charge is 0.466 e. The number of hydrogen-bond donors (Lipinski definition) is 1. The molecule has 0 saturated carbocycles. The Balaban J connectivity index is 2.42. The van der Waals surface area contributed by atoms with Crippen LogP contribution in [0.2, 0.25) is 5.15 Å². The molecule has 1 N–H and O–H groups in total. The largest absolute Gasteiger partial charge is 0.481 e. The lowest BCUT2D eigenvalue weighted by Crippen LogP contribution is -2.41. The van der Waals surface area contributed by atoms with Gasteiger partial charge in [0.25, 0.3) is 0 Å². The second-order valence-corrected chi connectivity index (χ2v) is 7.10. The summed E-state index contributed by atoms with van der Waals surface area (Å²) >= 11 is 6.31. The number of rotatable bonds is 4. The van der Waals surface area contributed by atoms with Crippen LogP contribution in [0.1, 0.15) is 51.2 Å². The monoisotopic (exact) mass is 328 g/mol. The molecule has 0 aliphatic carbocycles. The van der Waals surface area contributed by atoms with Gasteiger partial charge in [-0.05, 0) is 34.6 Å². The van der Waals surface area contributed by atoms with Gasteiger partial charge in [-0.1, -0.05) is 11.6 Å². The Bertz CT molecular complexity index is 584. The molecule has 0 bridgehead atoms. The van der Waals surface area contributed by atoms with Crippen LogP contribution in [-0.4, -0.2) is 39.2 Å². The van der Waals surface area contributed by atoms with Crippen LogP contribution in [0.25, 0.3) is 0 Å². The summed E-state index contributed by atoms with van der Waals surface area (Å²) in [5, 5.41) is 14.0. The molecule has 1 saturated heterocycles. The number of nitrogens with zero attached hydrogens (tertiary/aromatic N) is 2. The van der Waals surface area contributed by atoms with Crippen molar-refractivity contribution in [3.63, 3.8) is 0 Å². The standard InChI is InChI=1S/C14H22BClN2O4/c1-8-11(12(16)18(6)17-8)9(7-10(19)20)15-21-13(2,3)14(4,5)22-15/h9H,7H2,1-6H3,(H,19,20). The number of aromatic nitrogens is 2. The van der Waals surface area contributed by atoms with Gasteiger partial charge >= 0.3 is 13.1 Å². The van der Waals surface area contributed by atoms with Gasteiger partial charge in [-0.25, -0.2) is 0 Å². The predicted molar refractivity (Wildman–Crippen MR) is 84.0 cm³/mol. The Morgan fingerprint density at radius 2 is 1.86 bits per heavy atom. The number of carboxylic acids is 1.